The molecule has 19 heavy (non-hydrogen) atoms. The van der Waals surface area contributed by atoms with Crippen LogP contribution in [0.15, 0.2) is 0 Å². The normalized spacial score (nSPS) is 19.8. The maximum absolute atomic E-state index is 11.1. The van der Waals surface area contributed by atoms with Crippen molar-refractivity contribution in [1.29, 1.82) is 0 Å². The number of anilines is 1. The summed E-state index contributed by atoms with van der Waals surface area (Å²) in [5.74, 6) is 0.716. The Morgan fingerprint density at radius 3 is 2.95 bits per heavy atom. The summed E-state index contributed by atoms with van der Waals surface area (Å²) in [7, 11) is 4.26. The maximum Gasteiger partial charge on any atom is 0.185 e. The summed E-state index contributed by atoms with van der Waals surface area (Å²) < 4.78 is 0. The third-order valence-electron chi connectivity index (χ3n) is 3.66. The summed E-state index contributed by atoms with van der Waals surface area (Å²) in [4.78, 5) is 21.1. The van der Waals surface area contributed by atoms with E-state index in [9.17, 15) is 4.79 Å². The topological polar surface area (TPSA) is 36.4 Å². The Balaban J connectivity index is 2.02. The lowest BCUT2D eigenvalue weighted by Gasteiger charge is -2.20. The summed E-state index contributed by atoms with van der Waals surface area (Å²) in [6.07, 6.45) is 4.13. The molecule has 0 bridgehead atoms. The Labute approximate surface area is 119 Å². The van der Waals surface area contributed by atoms with Crippen LogP contribution in [0.3, 0.4) is 0 Å². The highest BCUT2D eigenvalue weighted by Crippen LogP contribution is 2.27. The number of likely N-dealkylation sites (tertiary alicyclic amines) is 1. The van der Waals surface area contributed by atoms with Crippen molar-refractivity contribution in [2.45, 2.75) is 26.2 Å². The molecule has 2 rings (SSSR count). The van der Waals surface area contributed by atoms with Gasteiger partial charge >= 0.3 is 0 Å². The fourth-order valence-electron chi connectivity index (χ4n) is 2.66. The van der Waals surface area contributed by atoms with E-state index in [0.717, 1.165) is 47.9 Å². The monoisotopic (exact) mass is 281 g/mol. The first-order valence-electron chi connectivity index (χ1n) is 6.98. The Bertz CT molecular complexity index is 432. The van der Waals surface area contributed by atoms with Gasteiger partial charge in [0.15, 0.2) is 11.4 Å². The number of aryl methyl sites for hydroxylation is 1. The average molecular weight is 281 g/mol. The Morgan fingerprint density at radius 1 is 1.58 bits per heavy atom. The molecule has 1 aliphatic heterocycles. The van der Waals surface area contributed by atoms with Crippen molar-refractivity contribution in [3.05, 3.63) is 10.6 Å². The number of carbonyl (C=O) groups excluding carboxylic acids is 1. The highest BCUT2D eigenvalue weighted by Gasteiger charge is 2.22. The van der Waals surface area contributed by atoms with E-state index < -0.39 is 0 Å². The van der Waals surface area contributed by atoms with E-state index in [4.69, 9.17) is 0 Å². The van der Waals surface area contributed by atoms with Crippen molar-refractivity contribution in [3.8, 4) is 0 Å². The number of aromatic nitrogens is 1. The second kappa shape index (κ2) is 6.48. The molecule has 1 aromatic heterocycles. The van der Waals surface area contributed by atoms with Crippen molar-refractivity contribution in [2.24, 2.45) is 5.92 Å². The smallest absolute Gasteiger partial charge is 0.185 e. The van der Waals surface area contributed by atoms with Gasteiger partial charge in [0.05, 0.1) is 10.6 Å². The molecular formula is C14H23N3OS. The van der Waals surface area contributed by atoms with Crippen LogP contribution < -0.4 is 4.90 Å². The molecule has 0 aliphatic carbocycles. The lowest BCUT2D eigenvalue weighted by atomic mass is 10.1. The van der Waals surface area contributed by atoms with E-state index in [1.54, 1.807) is 0 Å². The maximum atomic E-state index is 11.1. The second-order valence-electron chi connectivity index (χ2n) is 5.47. The first-order chi connectivity index (χ1) is 9.13. The van der Waals surface area contributed by atoms with Gasteiger partial charge in [-0.25, -0.2) is 4.98 Å². The molecule has 5 heteroatoms. The number of thiazole rings is 1. The predicted octanol–water partition coefficient (Wildman–Crippen LogP) is 2.30. The summed E-state index contributed by atoms with van der Waals surface area (Å²) in [5.41, 5.74) is 0.966. The summed E-state index contributed by atoms with van der Waals surface area (Å²) in [5, 5.41) is 0.986. The molecule has 0 N–H and O–H groups in total. The van der Waals surface area contributed by atoms with Crippen LogP contribution in [0.2, 0.25) is 0 Å². The minimum atomic E-state index is 0.716. The summed E-state index contributed by atoms with van der Waals surface area (Å²) in [6, 6.07) is 0. The molecule has 0 aromatic carbocycles. The molecule has 1 aliphatic rings. The van der Waals surface area contributed by atoms with Crippen LogP contribution in [0.25, 0.3) is 0 Å². The van der Waals surface area contributed by atoms with Crippen LogP contribution in [0.5, 0.6) is 0 Å². The van der Waals surface area contributed by atoms with Gasteiger partial charge in [-0.1, -0.05) is 24.7 Å². The number of nitrogens with zero attached hydrogens (tertiary/aromatic N) is 3. The minimum Gasteiger partial charge on any atom is -0.351 e. The van der Waals surface area contributed by atoms with E-state index in [1.807, 2.05) is 0 Å². The lowest BCUT2D eigenvalue weighted by Crippen LogP contribution is -2.27. The van der Waals surface area contributed by atoms with Crippen LogP contribution in [-0.2, 0) is 6.42 Å². The molecule has 106 valence electrons. The first kappa shape index (κ1) is 14.5. The number of aldehydes is 1. The highest BCUT2D eigenvalue weighted by atomic mass is 32.1. The molecule has 1 saturated heterocycles. The predicted molar refractivity (Wildman–Crippen MR) is 80.4 cm³/mol. The summed E-state index contributed by atoms with van der Waals surface area (Å²) in [6.45, 7) is 5.50. The number of hydrogen-bond donors (Lipinski definition) is 0. The third-order valence-corrected chi connectivity index (χ3v) is 4.79. The van der Waals surface area contributed by atoms with Crippen molar-refractivity contribution >= 4 is 22.8 Å². The quantitative estimate of drug-likeness (QED) is 0.750. The van der Waals surface area contributed by atoms with Gasteiger partial charge in [-0.05, 0) is 32.4 Å². The molecule has 0 amide bonds. The minimum absolute atomic E-state index is 0.716. The standard InChI is InChI=1S/C14H23N3OS/c1-4-5-12-13(10-18)19-14(15-12)17(3)9-11-6-7-16(2)8-11/h10-11H,4-9H2,1-3H3. The van der Waals surface area contributed by atoms with Crippen LogP contribution in [0, 0.1) is 5.92 Å². The number of rotatable bonds is 6. The Kier molecular flexibility index (Phi) is 4.93. The van der Waals surface area contributed by atoms with E-state index >= 15 is 0 Å². The zero-order valence-electron chi connectivity index (χ0n) is 12.1. The van der Waals surface area contributed by atoms with Gasteiger partial charge < -0.3 is 9.80 Å². The largest absolute Gasteiger partial charge is 0.351 e. The van der Waals surface area contributed by atoms with E-state index in [-0.39, 0.29) is 0 Å². The molecule has 2 heterocycles. The van der Waals surface area contributed by atoms with Crippen molar-refractivity contribution < 1.29 is 4.79 Å². The van der Waals surface area contributed by atoms with Gasteiger partial charge in [0.25, 0.3) is 0 Å². The molecule has 0 saturated carbocycles. The van der Waals surface area contributed by atoms with Gasteiger partial charge in [0.2, 0.25) is 0 Å². The SMILES string of the molecule is CCCc1nc(N(C)CC2CCN(C)C2)sc1C=O. The average Bonchev–Trinajstić information content (AvgIpc) is 2.96. The van der Waals surface area contributed by atoms with E-state index in [2.05, 4.69) is 35.8 Å². The van der Waals surface area contributed by atoms with Crippen molar-refractivity contribution in [1.82, 2.24) is 9.88 Å². The zero-order chi connectivity index (χ0) is 13.8. The molecule has 4 nitrogen and oxygen atoms in total. The number of carbonyl (C=O) groups is 1. The molecule has 1 aromatic rings. The molecular weight excluding hydrogens is 258 g/mol. The van der Waals surface area contributed by atoms with E-state index in [1.165, 1.54) is 24.3 Å². The fraction of sp³-hybridized carbons (Fsp3) is 0.714. The molecule has 0 spiro atoms. The van der Waals surface area contributed by atoms with Gasteiger partial charge in [-0.15, -0.1) is 0 Å². The van der Waals surface area contributed by atoms with E-state index in [0.29, 0.717) is 5.92 Å². The lowest BCUT2D eigenvalue weighted by molar-refractivity contribution is 0.112. The third kappa shape index (κ3) is 3.54. The van der Waals surface area contributed by atoms with Gasteiger partial charge in [-0.2, -0.15) is 0 Å². The molecule has 1 unspecified atom stereocenters. The second-order valence-corrected chi connectivity index (χ2v) is 6.48. The van der Waals surface area contributed by atoms with Gasteiger partial charge in [0, 0.05) is 20.1 Å². The van der Waals surface area contributed by atoms with Crippen LogP contribution in [-0.4, -0.2) is 49.9 Å². The number of hydrogen-bond acceptors (Lipinski definition) is 5. The molecule has 1 atom stereocenters. The fourth-order valence-corrected chi connectivity index (χ4v) is 3.56. The van der Waals surface area contributed by atoms with Crippen LogP contribution >= 0.6 is 11.3 Å². The Morgan fingerprint density at radius 2 is 2.37 bits per heavy atom. The Hall–Kier alpha value is -0.940. The van der Waals surface area contributed by atoms with Gasteiger partial charge in [-0.3, -0.25) is 4.79 Å². The molecule has 0 radical (unpaired) electrons. The van der Waals surface area contributed by atoms with Crippen molar-refractivity contribution in [3.63, 3.8) is 0 Å². The van der Waals surface area contributed by atoms with Crippen LogP contribution in [0.1, 0.15) is 35.1 Å². The molecule has 1 fully saturated rings. The van der Waals surface area contributed by atoms with Crippen LogP contribution in [0.4, 0.5) is 5.13 Å². The highest BCUT2D eigenvalue weighted by molar-refractivity contribution is 7.17. The first-order valence-corrected chi connectivity index (χ1v) is 7.80. The zero-order valence-corrected chi connectivity index (χ0v) is 12.9. The summed E-state index contributed by atoms with van der Waals surface area (Å²) >= 11 is 1.52. The van der Waals surface area contributed by atoms with Gasteiger partial charge in [0.1, 0.15) is 0 Å². The van der Waals surface area contributed by atoms with Crippen molar-refractivity contribution in [2.75, 3.05) is 38.6 Å².